The van der Waals surface area contributed by atoms with E-state index in [-0.39, 0.29) is 17.4 Å². The van der Waals surface area contributed by atoms with E-state index in [9.17, 15) is 4.79 Å². The smallest absolute Gasteiger partial charge is 0.227 e. The van der Waals surface area contributed by atoms with Crippen molar-refractivity contribution in [1.29, 1.82) is 0 Å². The van der Waals surface area contributed by atoms with Gasteiger partial charge in [0.2, 0.25) is 5.91 Å². The van der Waals surface area contributed by atoms with E-state index >= 15 is 0 Å². The van der Waals surface area contributed by atoms with Crippen LogP contribution < -0.4 is 10.6 Å². The summed E-state index contributed by atoms with van der Waals surface area (Å²) in [6, 6.07) is 10.2. The molecular weight excluding hydrogens is 224 g/mol. The minimum atomic E-state index is -0.169. The summed E-state index contributed by atoms with van der Waals surface area (Å²) in [5, 5.41) is 6.29. The molecule has 0 saturated heterocycles. The number of carbonyl (C=O) groups excluding carboxylic acids is 1. The lowest BCUT2D eigenvalue weighted by Gasteiger charge is -2.40. The fourth-order valence-electron chi connectivity index (χ4n) is 2.60. The van der Waals surface area contributed by atoms with Crippen molar-refractivity contribution in [2.24, 2.45) is 5.41 Å². The number of rotatable bonds is 5. The third-order valence-corrected chi connectivity index (χ3v) is 3.95. The Morgan fingerprint density at radius 2 is 2.00 bits per heavy atom. The lowest BCUT2D eigenvalue weighted by Crippen LogP contribution is -2.51. The molecule has 1 atom stereocenters. The average molecular weight is 246 g/mol. The van der Waals surface area contributed by atoms with Gasteiger partial charge in [-0.15, -0.1) is 0 Å². The van der Waals surface area contributed by atoms with Crippen LogP contribution in [0.5, 0.6) is 0 Å². The molecule has 0 aromatic heterocycles. The summed E-state index contributed by atoms with van der Waals surface area (Å²) in [5.74, 6) is 0.194. The van der Waals surface area contributed by atoms with E-state index in [1.165, 1.54) is 0 Å². The molecule has 0 heterocycles. The zero-order chi connectivity index (χ0) is 13.0. The van der Waals surface area contributed by atoms with Crippen LogP contribution in [0.3, 0.4) is 0 Å². The number of hydrogen-bond acceptors (Lipinski definition) is 2. The van der Waals surface area contributed by atoms with Crippen LogP contribution in [-0.2, 0) is 4.79 Å². The Morgan fingerprint density at radius 3 is 2.50 bits per heavy atom. The van der Waals surface area contributed by atoms with Crippen LogP contribution in [0.1, 0.15) is 37.8 Å². The summed E-state index contributed by atoms with van der Waals surface area (Å²) in [5.41, 5.74) is 0.988. The standard InChI is InChI=1S/C15H22N2O/c1-12(13-7-4-3-5-8-13)17-14(18)15(11-16-2)9-6-10-15/h3-5,7-8,12,16H,6,9-11H2,1-2H3,(H,17,18). The summed E-state index contributed by atoms with van der Waals surface area (Å²) in [6.45, 7) is 2.82. The molecule has 0 aliphatic heterocycles. The second-order valence-corrected chi connectivity index (χ2v) is 5.27. The second kappa shape index (κ2) is 5.53. The summed E-state index contributed by atoms with van der Waals surface area (Å²) >= 11 is 0. The third-order valence-electron chi connectivity index (χ3n) is 3.95. The molecule has 1 aromatic carbocycles. The fraction of sp³-hybridized carbons (Fsp3) is 0.533. The highest BCUT2D eigenvalue weighted by Crippen LogP contribution is 2.40. The van der Waals surface area contributed by atoms with E-state index in [4.69, 9.17) is 0 Å². The van der Waals surface area contributed by atoms with Gasteiger partial charge in [0, 0.05) is 6.54 Å². The minimum Gasteiger partial charge on any atom is -0.349 e. The largest absolute Gasteiger partial charge is 0.349 e. The zero-order valence-electron chi connectivity index (χ0n) is 11.2. The highest BCUT2D eigenvalue weighted by atomic mass is 16.2. The molecule has 1 amide bonds. The minimum absolute atomic E-state index is 0.0769. The predicted octanol–water partition coefficient (Wildman–Crippen LogP) is 2.25. The van der Waals surface area contributed by atoms with Crippen LogP contribution in [-0.4, -0.2) is 19.5 Å². The Bertz CT molecular complexity index is 398. The van der Waals surface area contributed by atoms with E-state index in [0.717, 1.165) is 31.4 Å². The van der Waals surface area contributed by atoms with Gasteiger partial charge in [-0.2, -0.15) is 0 Å². The Labute approximate surface area is 109 Å². The maximum Gasteiger partial charge on any atom is 0.227 e. The SMILES string of the molecule is CNCC1(C(=O)NC(C)c2ccccc2)CCC1. The van der Waals surface area contributed by atoms with Gasteiger partial charge in [0.1, 0.15) is 0 Å². The Balaban J connectivity index is 1.99. The normalized spacial score (nSPS) is 18.8. The predicted molar refractivity (Wildman–Crippen MR) is 73.2 cm³/mol. The van der Waals surface area contributed by atoms with Crippen LogP contribution in [0.4, 0.5) is 0 Å². The van der Waals surface area contributed by atoms with Gasteiger partial charge in [-0.25, -0.2) is 0 Å². The molecule has 2 N–H and O–H groups in total. The molecule has 0 spiro atoms. The first-order chi connectivity index (χ1) is 8.68. The van der Waals surface area contributed by atoms with Gasteiger partial charge in [0.25, 0.3) is 0 Å². The Morgan fingerprint density at radius 1 is 1.33 bits per heavy atom. The van der Waals surface area contributed by atoms with Crippen molar-refractivity contribution in [3.05, 3.63) is 35.9 Å². The molecule has 2 rings (SSSR count). The molecule has 18 heavy (non-hydrogen) atoms. The summed E-state index contributed by atoms with van der Waals surface area (Å²) in [7, 11) is 1.91. The molecule has 1 aliphatic carbocycles. The van der Waals surface area contributed by atoms with E-state index in [0.29, 0.717) is 0 Å². The molecule has 1 fully saturated rings. The van der Waals surface area contributed by atoms with Crippen molar-refractivity contribution >= 4 is 5.91 Å². The van der Waals surface area contributed by atoms with Gasteiger partial charge in [-0.1, -0.05) is 36.8 Å². The van der Waals surface area contributed by atoms with Crippen LogP contribution >= 0.6 is 0 Å². The second-order valence-electron chi connectivity index (χ2n) is 5.27. The Kier molecular flexibility index (Phi) is 4.02. The first-order valence-corrected chi connectivity index (χ1v) is 6.68. The lowest BCUT2D eigenvalue weighted by molar-refractivity contribution is -0.136. The molecule has 1 aliphatic rings. The van der Waals surface area contributed by atoms with Crippen molar-refractivity contribution in [2.75, 3.05) is 13.6 Å². The molecule has 0 bridgehead atoms. The first kappa shape index (κ1) is 13.1. The van der Waals surface area contributed by atoms with Crippen molar-refractivity contribution in [1.82, 2.24) is 10.6 Å². The van der Waals surface area contributed by atoms with Crippen molar-refractivity contribution in [3.8, 4) is 0 Å². The average Bonchev–Trinajstić information content (AvgIpc) is 2.34. The summed E-state index contributed by atoms with van der Waals surface area (Å²) < 4.78 is 0. The van der Waals surface area contributed by atoms with Gasteiger partial charge in [-0.3, -0.25) is 4.79 Å². The van der Waals surface area contributed by atoms with E-state index in [1.54, 1.807) is 0 Å². The number of hydrogen-bond donors (Lipinski definition) is 2. The Hall–Kier alpha value is -1.35. The molecule has 98 valence electrons. The monoisotopic (exact) mass is 246 g/mol. The molecular formula is C15H22N2O. The molecule has 3 nitrogen and oxygen atoms in total. The number of benzene rings is 1. The highest BCUT2D eigenvalue weighted by Gasteiger charge is 2.43. The van der Waals surface area contributed by atoms with Crippen molar-refractivity contribution in [2.45, 2.75) is 32.2 Å². The quantitative estimate of drug-likeness (QED) is 0.836. The zero-order valence-corrected chi connectivity index (χ0v) is 11.2. The van der Waals surface area contributed by atoms with Crippen LogP contribution in [0, 0.1) is 5.41 Å². The van der Waals surface area contributed by atoms with Crippen LogP contribution in [0.15, 0.2) is 30.3 Å². The topological polar surface area (TPSA) is 41.1 Å². The third kappa shape index (κ3) is 2.56. The molecule has 0 radical (unpaired) electrons. The molecule has 1 saturated carbocycles. The van der Waals surface area contributed by atoms with Crippen molar-refractivity contribution in [3.63, 3.8) is 0 Å². The van der Waals surface area contributed by atoms with Gasteiger partial charge in [0.05, 0.1) is 11.5 Å². The number of nitrogens with one attached hydrogen (secondary N) is 2. The van der Waals surface area contributed by atoms with Crippen molar-refractivity contribution < 1.29 is 4.79 Å². The van der Waals surface area contributed by atoms with E-state index in [1.807, 2.05) is 32.2 Å². The molecule has 1 unspecified atom stereocenters. The summed E-state index contributed by atoms with van der Waals surface area (Å²) in [6.07, 6.45) is 3.16. The maximum absolute atomic E-state index is 12.4. The van der Waals surface area contributed by atoms with Gasteiger partial charge < -0.3 is 10.6 Å². The van der Waals surface area contributed by atoms with Crippen LogP contribution in [0.2, 0.25) is 0 Å². The molecule has 1 aromatic rings. The molecule has 3 heteroatoms. The van der Waals surface area contributed by atoms with Gasteiger partial charge in [0.15, 0.2) is 0 Å². The maximum atomic E-state index is 12.4. The van der Waals surface area contributed by atoms with Gasteiger partial charge in [-0.05, 0) is 32.4 Å². The van der Waals surface area contributed by atoms with E-state index in [2.05, 4.69) is 22.8 Å². The van der Waals surface area contributed by atoms with Gasteiger partial charge >= 0.3 is 0 Å². The number of amides is 1. The number of carbonyl (C=O) groups is 1. The van der Waals surface area contributed by atoms with E-state index < -0.39 is 0 Å². The first-order valence-electron chi connectivity index (χ1n) is 6.68. The van der Waals surface area contributed by atoms with Crippen LogP contribution in [0.25, 0.3) is 0 Å². The summed E-state index contributed by atoms with van der Waals surface area (Å²) in [4.78, 5) is 12.4. The lowest BCUT2D eigenvalue weighted by atomic mass is 9.68. The highest BCUT2D eigenvalue weighted by molar-refractivity contribution is 5.84. The fourth-order valence-corrected chi connectivity index (χ4v) is 2.60.